The first-order valence-corrected chi connectivity index (χ1v) is 27.3. The van der Waals surface area contributed by atoms with Crippen molar-refractivity contribution >= 4 is 11.9 Å². The number of unbranched alkanes of at least 4 members (excludes halogenated alkanes) is 40. The van der Waals surface area contributed by atoms with E-state index in [1.165, 1.54) is 238 Å². The van der Waals surface area contributed by atoms with Crippen molar-refractivity contribution in [1.82, 2.24) is 5.32 Å². The quantitative estimate of drug-likeness (QED) is 0.0418. The van der Waals surface area contributed by atoms with Gasteiger partial charge in [-0.05, 0) is 25.7 Å². The summed E-state index contributed by atoms with van der Waals surface area (Å²) in [6.07, 6.45) is 56.6. The van der Waals surface area contributed by atoms with Crippen LogP contribution in [0.15, 0.2) is 0 Å². The minimum Gasteiger partial charge on any atom is -0.466 e. The number of amides is 1. The zero-order valence-corrected chi connectivity index (χ0v) is 40.7. The smallest absolute Gasteiger partial charge is 0.305 e. The van der Waals surface area contributed by atoms with E-state index in [-0.39, 0.29) is 18.5 Å². The molecule has 0 saturated heterocycles. The maximum atomic E-state index is 12.4. The minimum atomic E-state index is -0.663. The van der Waals surface area contributed by atoms with Crippen LogP contribution >= 0.6 is 0 Å². The second-order valence-corrected chi connectivity index (χ2v) is 18.9. The van der Waals surface area contributed by atoms with Crippen LogP contribution in [0.4, 0.5) is 0 Å². The zero-order chi connectivity index (χ0) is 43.7. The normalized spacial score (nSPS) is 12.5. The highest BCUT2D eigenvalue weighted by molar-refractivity contribution is 5.76. The van der Waals surface area contributed by atoms with Crippen LogP contribution in [0, 0.1) is 0 Å². The molecule has 1 amide bonds. The molecule has 3 N–H and O–H groups in total. The summed E-state index contributed by atoms with van der Waals surface area (Å²) in [6, 6.07) is -0.540. The van der Waals surface area contributed by atoms with Crippen LogP contribution in [0.3, 0.4) is 0 Å². The van der Waals surface area contributed by atoms with E-state index in [1.54, 1.807) is 0 Å². The van der Waals surface area contributed by atoms with Crippen LogP contribution in [-0.4, -0.2) is 47.4 Å². The molecule has 0 aromatic heterocycles. The zero-order valence-electron chi connectivity index (χ0n) is 40.7. The Bertz CT molecular complexity index is 852. The van der Waals surface area contributed by atoms with Gasteiger partial charge in [0.05, 0.1) is 25.4 Å². The number of carbonyl (C=O) groups excluding carboxylic acids is 2. The van der Waals surface area contributed by atoms with Crippen LogP contribution < -0.4 is 5.32 Å². The van der Waals surface area contributed by atoms with Gasteiger partial charge >= 0.3 is 5.97 Å². The summed E-state index contributed by atoms with van der Waals surface area (Å²) in [5.74, 6) is -0.0263. The summed E-state index contributed by atoms with van der Waals surface area (Å²) < 4.78 is 5.47. The van der Waals surface area contributed by atoms with Gasteiger partial charge < -0.3 is 20.3 Å². The van der Waals surface area contributed by atoms with Gasteiger partial charge in [-0.1, -0.05) is 271 Å². The lowest BCUT2D eigenvalue weighted by molar-refractivity contribution is -0.143. The standard InChI is InChI=1S/C54H107NO5/c1-3-5-7-9-11-13-15-23-28-32-36-40-44-48-54(59)60-49-45-41-37-33-29-25-22-20-18-16-17-19-21-24-27-31-35-39-43-47-53(58)55-51(50-56)52(57)46-42-38-34-30-26-14-12-10-8-6-4-2/h51-52,56-57H,3-50H2,1-2H3,(H,55,58). The average Bonchev–Trinajstić information content (AvgIpc) is 3.25. The van der Waals surface area contributed by atoms with E-state index in [4.69, 9.17) is 4.74 Å². The Kier molecular flexibility index (Phi) is 49.5. The number of ether oxygens (including phenoxy) is 1. The average molecular weight is 850 g/mol. The van der Waals surface area contributed by atoms with E-state index in [1.807, 2.05) is 0 Å². The van der Waals surface area contributed by atoms with Crippen LogP contribution in [0.25, 0.3) is 0 Å². The maximum Gasteiger partial charge on any atom is 0.305 e. The van der Waals surface area contributed by atoms with Crippen molar-refractivity contribution in [1.29, 1.82) is 0 Å². The highest BCUT2D eigenvalue weighted by Gasteiger charge is 2.20. The van der Waals surface area contributed by atoms with Gasteiger partial charge in [-0.25, -0.2) is 0 Å². The van der Waals surface area contributed by atoms with E-state index in [2.05, 4.69) is 19.2 Å². The lowest BCUT2D eigenvalue weighted by Gasteiger charge is -2.22. The molecule has 0 aliphatic rings. The van der Waals surface area contributed by atoms with E-state index in [0.29, 0.717) is 25.9 Å². The van der Waals surface area contributed by atoms with Gasteiger partial charge in [0.1, 0.15) is 0 Å². The molecule has 0 bridgehead atoms. The number of rotatable bonds is 51. The van der Waals surface area contributed by atoms with Crippen LogP contribution in [0.2, 0.25) is 0 Å². The Morgan fingerprint density at radius 1 is 0.400 bits per heavy atom. The van der Waals surface area contributed by atoms with E-state index < -0.39 is 12.1 Å². The molecular weight excluding hydrogens is 743 g/mol. The number of aliphatic hydroxyl groups is 2. The number of nitrogens with one attached hydrogen (secondary N) is 1. The number of hydrogen-bond donors (Lipinski definition) is 3. The van der Waals surface area contributed by atoms with Gasteiger partial charge in [-0.15, -0.1) is 0 Å². The minimum absolute atomic E-state index is 0.0111. The lowest BCUT2D eigenvalue weighted by atomic mass is 10.0. The fourth-order valence-electron chi connectivity index (χ4n) is 8.70. The Morgan fingerprint density at radius 3 is 1.02 bits per heavy atom. The van der Waals surface area contributed by atoms with Gasteiger partial charge in [0, 0.05) is 12.8 Å². The van der Waals surface area contributed by atoms with Crippen molar-refractivity contribution in [2.75, 3.05) is 13.2 Å². The van der Waals surface area contributed by atoms with E-state index >= 15 is 0 Å². The molecule has 0 spiro atoms. The first-order chi connectivity index (χ1) is 29.5. The molecular formula is C54H107NO5. The van der Waals surface area contributed by atoms with Gasteiger partial charge in [-0.3, -0.25) is 9.59 Å². The molecule has 6 nitrogen and oxygen atoms in total. The maximum absolute atomic E-state index is 12.4. The Balaban J connectivity index is 3.37. The molecule has 0 aliphatic heterocycles. The molecule has 0 aromatic carbocycles. The number of hydrogen-bond acceptors (Lipinski definition) is 5. The van der Waals surface area contributed by atoms with Crippen molar-refractivity contribution < 1.29 is 24.5 Å². The van der Waals surface area contributed by atoms with Gasteiger partial charge in [0.25, 0.3) is 0 Å². The molecule has 0 aliphatic carbocycles. The first-order valence-electron chi connectivity index (χ1n) is 27.3. The van der Waals surface area contributed by atoms with Crippen LogP contribution in [0.1, 0.15) is 309 Å². The molecule has 0 heterocycles. The topological polar surface area (TPSA) is 95.9 Å². The number of carbonyl (C=O) groups is 2. The molecule has 0 aromatic rings. The molecule has 358 valence electrons. The third-order valence-corrected chi connectivity index (χ3v) is 12.9. The molecule has 0 fully saturated rings. The SMILES string of the molecule is CCCCCCCCCCCCCCCC(=O)OCCCCCCCCCCCCCCCCCCCCCC(=O)NC(CO)C(O)CCCCCCCCCCCCC. The highest BCUT2D eigenvalue weighted by atomic mass is 16.5. The molecule has 60 heavy (non-hydrogen) atoms. The Morgan fingerprint density at radius 2 is 0.683 bits per heavy atom. The lowest BCUT2D eigenvalue weighted by Crippen LogP contribution is -2.45. The number of esters is 1. The van der Waals surface area contributed by atoms with E-state index in [0.717, 1.165) is 38.5 Å². The van der Waals surface area contributed by atoms with Crippen molar-refractivity contribution in [3.63, 3.8) is 0 Å². The summed E-state index contributed by atoms with van der Waals surface area (Å²) in [7, 11) is 0. The molecule has 0 rings (SSSR count). The summed E-state index contributed by atoms with van der Waals surface area (Å²) in [4.78, 5) is 24.4. The van der Waals surface area contributed by atoms with E-state index in [9.17, 15) is 19.8 Å². The summed E-state index contributed by atoms with van der Waals surface area (Å²) in [5.41, 5.74) is 0. The monoisotopic (exact) mass is 850 g/mol. The van der Waals surface area contributed by atoms with Crippen molar-refractivity contribution in [2.45, 2.75) is 321 Å². The van der Waals surface area contributed by atoms with Gasteiger partial charge in [-0.2, -0.15) is 0 Å². The number of aliphatic hydroxyl groups excluding tert-OH is 2. The second kappa shape index (κ2) is 50.5. The predicted octanol–water partition coefficient (Wildman–Crippen LogP) is 16.4. The second-order valence-electron chi connectivity index (χ2n) is 18.9. The van der Waals surface area contributed by atoms with Crippen molar-refractivity contribution in [3.05, 3.63) is 0 Å². The predicted molar refractivity (Wildman–Crippen MR) is 260 cm³/mol. The Hall–Kier alpha value is -1.14. The summed E-state index contributed by atoms with van der Waals surface area (Å²) in [5, 5.41) is 23.2. The third-order valence-electron chi connectivity index (χ3n) is 12.9. The Labute approximate surface area is 375 Å². The molecule has 2 atom stereocenters. The van der Waals surface area contributed by atoms with Crippen LogP contribution in [0.5, 0.6) is 0 Å². The molecule has 0 radical (unpaired) electrons. The van der Waals surface area contributed by atoms with Crippen LogP contribution in [-0.2, 0) is 14.3 Å². The van der Waals surface area contributed by atoms with Crippen molar-refractivity contribution in [3.8, 4) is 0 Å². The third kappa shape index (κ3) is 46.4. The summed E-state index contributed by atoms with van der Waals surface area (Å²) in [6.45, 7) is 4.95. The van der Waals surface area contributed by atoms with Crippen molar-refractivity contribution in [2.24, 2.45) is 0 Å². The van der Waals surface area contributed by atoms with Gasteiger partial charge in [0.2, 0.25) is 5.91 Å². The largest absolute Gasteiger partial charge is 0.466 e. The van der Waals surface area contributed by atoms with Gasteiger partial charge in [0.15, 0.2) is 0 Å². The fraction of sp³-hybridized carbons (Fsp3) is 0.963. The molecule has 0 saturated carbocycles. The molecule has 6 heteroatoms. The molecule has 2 unspecified atom stereocenters. The highest BCUT2D eigenvalue weighted by Crippen LogP contribution is 2.17. The fourth-order valence-corrected chi connectivity index (χ4v) is 8.70. The summed E-state index contributed by atoms with van der Waals surface area (Å²) >= 11 is 0. The first kappa shape index (κ1) is 58.9.